The number of hydrogen-bond acceptors (Lipinski definition) is 2. The third-order valence-corrected chi connectivity index (χ3v) is 3.52. The number of carbonyl (C=O) groups is 1. The first kappa shape index (κ1) is 17.5. The summed E-state index contributed by atoms with van der Waals surface area (Å²) in [6.45, 7) is 10.9. The molecular formula is C17H29N3O. The van der Waals surface area contributed by atoms with E-state index in [9.17, 15) is 4.79 Å². The van der Waals surface area contributed by atoms with Crippen LogP contribution >= 0.6 is 0 Å². The van der Waals surface area contributed by atoms with Gasteiger partial charge in [0.05, 0.1) is 0 Å². The Bertz CT molecular complexity index is 417. The Morgan fingerprint density at radius 1 is 1.14 bits per heavy atom. The van der Waals surface area contributed by atoms with Crippen molar-refractivity contribution in [2.45, 2.75) is 46.6 Å². The summed E-state index contributed by atoms with van der Waals surface area (Å²) in [5.74, 6) is 0. The van der Waals surface area contributed by atoms with Crippen molar-refractivity contribution >= 4 is 11.7 Å². The van der Waals surface area contributed by atoms with Crippen LogP contribution in [0.15, 0.2) is 24.3 Å². The highest BCUT2D eigenvalue weighted by Crippen LogP contribution is 2.16. The molecule has 1 rings (SSSR count). The third kappa shape index (κ3) is 5.76. The summed E-state index contributed by atoms with van der Waals surface area (Å²) in [4.78, 5) is 13.9. The van der Waals surface area contributed by atoms with Crippen LogP contribution in [0.25, 0.3) is 0 Å². The van der Waals surface area contributed by atoms with Gasteiger partial charge in [-0.15, -0.1) is 0 Å². The highest BCUT2D eigenvalue weighted by Gasteiger charge is 2.10. The van der Waals surface area contributed by atoms with Gasteiger partial charge in [0.25, 0.3) is 0 Å². The zero-order valence-electron chi connectivity index (χ0n) is 13.8. The standard InChI is InChI=1S/C17H29N3O/c1-5-12-18-14(4)15-8-10-16(11-9-15)19-17(21)20(7-3)13-6-2/h8-11,14,18H,5-7,12-13H2,1-4H3,(H,19,21). The fourth-order valence-electron chi connectivity index (χ4n) is 2.21. The fraction of sp³-hybridized carbons (Fsp3) is 0.588. The van der Waals surface area contributed by atoms with Crippen LogP contribution in [0.4, 0.5) is 10.5 Å². The van der Waals surface area contributed by atoms with E-state index in [1.807, 2.05) is 24.0 Å². The van der Waals surface area contributed by atoms with Gasteiger partial charge >= 0.3 is 6.03 Å². The van der Waals surface area contributed by atoms with Crippen LogP contribution in [0.1, 0.15) is 52.1 Å². The normalized spacial score (nSPS) is 12.0. The zero-order valence-corrected chi connectivity index (χ0v) is 13.8. The van der Waals surface area contributed by atoms with Gasteiger partial charge in [-0.2, -0.15) is 0 Å². The van der Waals surface area contributed by atoms with Crippen molar-refractivity contribution in [3.05, 3.63) is 29.8 Å². The molecule has 0 saturated heterocycles. The van der Waals surface area contributed by atoms with E-state index in [0.29, 0.717) is 6.04 Å². The quantitative estimate of drug-likeness (QED) is 0.760. The van der Waals surface area contributed by atoms with Gasteiger partial charge in [-0.05, 0) is 50.9 Å². The highest BCUT2D eigenvalue weighted by atomic mass is 16.2. The van der Waals surface area contributed by atoms with Gasteiger partial charge in [0.2, 0.25) is 0 Å². The first-order valence-corrected chi connectivity index (χ1v) is 8.01. The number of hydrogen-bond donors (Lipinski definition) is 2. The van der Waals surface area contributed by atoms with Crippen LogP contribution < -0.4 is 10.6 Å². The summed E-state index contributed by atoms with van der Waals surface area (Å²) >= 11 is 0. The number of amides is 2. The minimum absolute atomic E-state index is 0.0238. The van der Waals surface area contributed by atoms with E-state index in [4.69, 9.17) is 0 Å². The van der Waals surface area contributed by atoms with Crippen molar-refractivity contribution in [1.82, 2.24) is 10.2 Å². The molecule has 0 heterocycles. The average Bonchev–Trinajstić information content (AvgIpc) is 2.50. The first-order chi connectivity index (χ1) is 10.1. The van der Waals surface area contributed by atoms with E-state index < -0.39 is 0 Å². The van der Waals surface area contributed by atoms with E-state index in [-0.39, 0.29) is 6.03 Å². The minimum atomic E-state index is -0.0238. The van der Waals surface area contributed by atoms with Crippen LogP contribution in [0, 0.1) is 0 Å². The summed E-state index contributed by atoms with van der Waals surface area (Å²) in [7, 11) is 0. The van der Waals surface area contributed by atoms with Crippen LogP contribution in [0.5, 0.6) is 0 Å². The van der Waals surface area contributed by atoms with Gasteiger partial charge in [0.1, 0.15) is 0 Å². The summed E-state index contributed by atoms with van der Waals surface area (Å²) in [5, 5.41) is 6.41. The second-order valence-corrected chi connectivity index (χ2v) is 5.31. The van der Waals surface area contributed by atoms with Crippen LogP contribution in [-0.2, 0) is 0 Å². The lowest BCUT2D eigenvalue weighted by Crippen LogP contribution is -2.35. The lowest BCUT2D eigenvalue weighted by Gasteiger charge is -2.21. The molecule has 0 saturated carbocycles. The Hall–Kier alpha value is -1.55. The Morgan fingerprint density at radius 2 is 1.81 bits per heavy atom. The van der Waals surface area contributed by atoms with Gasteiger partial charge in [-0.25, -0.2) is 4.79 Å². The molecule has 1 atom stereocenters. The monoisotopic (exact) mass is 291 g/mol. The van der Waals surface area contributed by atoms with Crippen LogP contribution in [0.2, 0.25) is 0 Å². The van der Waals surface area contributed by atoms with Gasteiger partial charge in [-0.3, -0.25) is 0 Å². The highest BCUT2D eigenvalue weighted by molar-refractivity contribution is 5.89. The van der Waals surface area contributed by atoms with Crippen molar-refractivity contribution in [3.8, 4) is 0 Å². The molecule has 2 N–H and O–H groups in total. The summed E-state index contributed by atoms with van der Waals surface area (Å²) in [5.41, 5.74) is 2.09. The molecule has 118 valence electrons. The molecule has 0 spiro atoms. The number of carbonyl (C=O) groups excluding carboxylic acids is 1. The van der Waals surface area contributed by atoms with Gasteiger partial charge in [0, 0.05) is 24.8 Å². The topological polar surface area (TPSA) is 44.4 Å². The van der Waals surface area contributed by atoms with Gasteiger partial charge < -0.3 is 15.5 Å². The maximum absolute atomic E-state index is 12.1. The number of nitrogens with zero attached hydrogens (tertiary/aromatic N) is 1. The van der Waals surface area contributed by atoms with E-state index >= 15 is 0 Å². The largest absolute Gasteiger partial charge is 0.325 e. The van der Waals surface area contributed by atoms with Crippen molar-refractivity contribution in [2.24, 2.45) is 0 Å². The lowest BCUT2D eigenvalue weighted by molar-refractivity contribution is 0.214. The van der Waals surface area contributed by atoms with Gasteiger partial charge in [0.15, 0.2) is 0 Å². The smallest absolute Gasteiger partial charge is 0.321 e. The van der Waals surface area contributed by atoms with Crippen molar-refractivity contribution in [1.29, 1.82) is 0 Å². The molecule has 0 aliphatic carbocycles. The Labute approximate surface area is 128 Å². The fourth-order valence-corrected chi connectivity index (χ4v) is 2.21. The molecule has 21 heavy (non-hydrogen) atoms. The molecule has 1 unspecified atom stereocenters. The molecule has 0 aromatic heterocycles. The average molecular weight is 291 g/mol. The van der Waals surface area contributed by atoms with E-state index in [0.717, 1.165) is 38.2 Å². The summed E-state index contributed by atoms with van der Waals surface area (Å²) in [6.07, 6.45) is 2.10. The van der Waals surface area contributed by atoms with E-state index in [1.54, 1.807) is 0 Å². The number of benzene rings is 1. The third-order valence-electron chi connectivity index (χ3n) is 3.52. The molecule has 4 nitrogen and oxygen atoms in total. The first-order valence-electron chi connectivity index (χ1n) is 8.01. The number of urea groups is 1. The Kier molecular flexibility index (Phi) is 7.83. The number of rotatable bonds is 8. The second-order valence-electron chi connectivity index (χ2n) is 5.31. The number of nitrogens with one attached hydrogen (secondary N) is 2. The summed E-state index contributed by atoms with van der Waals surface area (Å²) < 4.78 is 0. The molecule has 1 aromatic carbocycles. The SMILES string of the molecule is CCCNC(C)c1ccc(NC(=O)N(CC)CCC)cc1. The molecule has 0 aliphatic rings. The Morgan fingerprint density at radius 3 is 2.33 bits per heavy atom. The molecule has 0 bridgehead atoms. The van der Waals surface area contributed by atoms with Crippen molar-refractivity contribution < 1.29 is 4.79 Å². The molecule has 2 amide bonds. The predicted molar refractivity (Wildman–Crippen MR) is 89.7 cm³/mol. The molecule has 0 aliphatic heterocycles. The summed E-state index contributed by atoms with van der Waals surface area (Å²) in [6, 6.07) is 8.39. The number of anilines is 1. The van der Waals surface area contributed by atoms with Crippen molar-refractivity contribution in [2.75, 3.05) is 25.0 Å². The minimum Gasteiger partial charge on any atom is -0.325 e. The second kappa shape index (κ2) is 9.40. The van der Waals surface area contributed by atoms with Crippen LogP contribution in [-0.4, -0.2) is 30.6 Å². The van der Waals surface area contributed by atoms with E-state index in [2.05, 4.69) is 43.5 Å². The van der Waals surface area contributed by atoms with Crippen LogP contribution in [0.3, 0.4) is 0 Å². The predicted octanol–water partition coefficient (Wildman–Crippen LogP) is 4.01. The zero-order chi connectivity index (χ0) is 15.7. The van der Waals surface area contributed by atoms with E-state index in [1.165, 1.54) is 5.56 Å². The van der Waals surface area contributed by atoms with Crippen molar-refractivity contribution in [3.63, 3.8) is 0 Å². The lowest BCUT2D eigenvalue weighted by atomic mass is 10.1. The molecule has 0 radical (unpaired) electrons. The molecule has 1 aromatic rings. The molecule has 4 heteroatoms. The molecule has 0 fully saturated rings. The Balaban J connectivity index is 2.59. The van der Waals surface area contributed by atoms with Gasteiger partial charge in [-0.1, -0.05) is 26.0 Å². The maximum Gasteiger partial charge on any atom is 0.321 e. The maximum atomic E-state index is 12.1. The molecular weight excluding hydrogens is 262 g/mol.